The van der Waals surface area contributed by atoms with Gasteiger partial charge in [-0.05, 0) is 60.6 Å². The second-order valence-corrected chi connectivity index (χ2v) is 8.29. The van der Waals surface area contributed by atoms with Crippen molar-refractivity contribution in [2.24, 2.45) is 5.92 Å². The van der Waals surface area contributed by atoms with E-state index in [9.17, 15) is 4.79 Å². The zero-order valence-corrected chi connectivity index (χ0v) is 17.0. The average molecular weight is 363 g/mol. The minimum Gasteiger partial charge on any atom is -0.294 e. The Labute approximate surface area is 165 Å². The van der Waals surface area contributed by atoms with Gasteiger partial charge in [0, 0.05) is 12.0 Å². The molecule has 2 aromatic carbocycles. The summed E-state index contributed by atoms with van der Waals surface area (Å²) in [4.78, 5) is 12.6. The minimum absolute atomic E-state index is 0.219. The van der Waals surface area contributed by atoms with Crippen LogP contribution in [0.5, 0.6) is 0 Å². The Balaban J connectivity index is 1.56. The van der Waals surface area contributed by atoms with E-state index in [1.165, 1.54) is 49.7 Å². The lowest BCUT2D eigenvalue weighted by Crippen LogP contribution is -2.13. The predicted molar refractivity (Wildman–Crippen MR) is 115 cm³/mol. The number of ketones is 1. The van der Waals surface area contributed by atoms with Gasteiger partial charge < -0.3 is 0 Å². The van der Waals surface area contributed by atoms with E-state index < -0.39 is 0 Å². The second kappa shape index (κ2) is 9.88. The van der Waals surface area contributed by atoms with Gasteiger partial charge in [0.15, 0.2) is 5.78 Å². The SMILES string of the molecule is CCCc1ccc(CC(=O)c2ccc(C3CCC(CCC)CC3)cc2)cc1. The fourth-order valence-corrected chi connectivity index (χ4v) is 4.53. The summed E-state index contributed by atoms with van der Waals surface area (Å²) in [6.45, 7) is 4.49. The molecular weight excluding hydrogens is 328 g/mol. The van der Waals surface area contributed by atoms with Crippen LogP contribution in [0, 0.1) is 5.92 Å². The summed E-state index contributed by atoms with van der Waals surface area (Å²) in [6.07, 6.45) is 10.8. The van der Waals surface area contributed by atoms with Crippen LogP contribution in [0.3, 0.4) is 0 Å². The number of rotatable bonds is 8. The quantitative estimate of drug-likeness (QED) is 0.456. The van der Waals surface area contributed by atoms with Crippen LogP contribution >= 0.6 is 0 Å². The number of Topliss-reactive ketones (excluding diaryl/α,β-unsaturated/α-hetero) is 1. The molecule has 0 unspecified atom stereocenters. The highest BCUT2D eigenvalue weighted by atomic mass is 16.1. The topological polar surface area (TPSA) is 17.1 Å². The van der Waals surface area contributed by atoms with Crippen molar-refractivity contribution in [2.45, 2.75) is 77.6 Å². The lowest BCUT2D eigenvalue weighted by Gasteiger charge is -2.28. The number of hydrogen-bond donors (Lipinski definition) is 0. The highest BCUT2D eigenvalue weighted by molar-refractivity contribution is 5.97. The van der Waals surface area contributed by atoms with Crippen LogP contribution < -0.4 is 0 Å². The normalized spacial score (nSPS) is 19.8. The van der Waals surface area contributed by atoms with Crippen molar-refractivity contribution < 1.29 is 4.79 Å². The van der Waals surface area contributed by atoms with Crippen molar-refractivity contribution in [3.63, 3.8) is 0 Å². The van der Waals surface area contributed by atoms with Crippen molar-refractivity contribution in [2.75, 3.05) is 0 Å². The summed E-state index contributed by atoms with van der Waals surface area (Å²) in [6, 6.07) is 17.0. The molecule has 0 atom stereocenters. The molecule has 144 valence electrons. The molecule has 2 aromatic rings. The van der Waals surface area contributed by atoms with Crippen LogP contribution in [0.2, 0.25) is 0 Å². The zero-order chi connectivity index (χ0) is 19.1. The van der Waals surface area contributed by atoms with Gasteiger partial charge in [0.05, 0.1) is 0 Å². The third-order valence-electron chi connectivity index (χ3n) is 6.17. The molecule has 1 heteroatoms. The maximum atomic E-state index is 12.6. The summed E-state index contributed by atoms with van der Waals surface area (Å²) in [7, 11) is 0. The molecule has 0 radical (unpaired) electrons. The van der Waals surface area contributed by atoms with Gasteiger partial charge in [-0.3, -0.25) is 4.79 Å². The molecule has 1 fully saturated rings. The molecule has 27 heavy (non-hydrogen) atoms. The third kappa shape index (κ3) is 5.54. The van der Waals surface area contributed by atoms with Crippen LogP contribution in [0.1, 0.15) is 91.8 Å². The Morgan fingerprint density at radius 3 is 2.04 bits per heavy atom. The number of carbonyl (C=O) groups excluding carboxylic acids is 1. The van der Waals surface area contributed by atoms with Gasteiger partial charge in [0.1, 0.15) is 0 Å². The first-order chi connectivity index (χ1) is 13.2. The fraction of sp³-hybridized carbons (Fsp3) is 0.500. The van der Waals surface area contributed by atoms with Gasteiger partial charge in [-0.25, -0.2) is 0 Å². The molecule has 1 aliphatic carbocycles. The average Bonchev–Trinajstić information content (AvgIpc) is 2.71. The van der Waals surface area contributed by atoms with Crippen molar-refractivity contribution in [1.29, 1.82) is 0 Å². The summed E-state index contributed by atoms with van der Waals surface area (Å²) in [5, 5.41) is 0. The molecule has 3 rings (SSSR count). The molecule has 0 bridgehead atoms. The number of benzene rings is 2. The molecule has 0 spiro atoms. The molecule has 0 saturated heterocycles. The molecule has 1 aliphatic rings. The van der Waals surface area contributed by atoms with Crippen LogP contribution in [0.15, 0.2) is 48.5 Å². The van der Waals surface area contributed by atoms with Gasteiger partial charge >= 0.3 is 0 Å². The first kappa shape index (κ1) is 19.9. The van der Waals surface area contributed by atoms with E-state index in [-0.39, 0.29) is 5.78 Å². The lowest BCUT2D eigenvalue weighted by atomic mass is 9.77. The number of hydrogen-bond acceptors (Lipinski definition) is 1. The molecule has 1 saturated carbocycles. The maximum absolute atomic E-state index is 12.6. The van der Waals surface area contributed by atoms with E-state index in [0.717, 1.165) is 29.9 Å². The van der Waals surface area contributed by atoms with Crippen LogP contribution in [-0.2, 0) is 12.8 Å². The Kier molecular flexibility index (Phi) is 7.26. The van der Waals surface area contributed by atoms with E-state index in [2.05, 4.69) is 50.2 Å². The van der Waals surface area contributed by atoms with E-state index in [1.807, 2.05) is 12.1 Å². The first-order valence-corrected chi connectivity index (χ1v) is 10.9. The molecular formula is C26H34O. The van der Waals surface area contributed by atoms with Gasteiger partial charge in [-0.1, -0.05) is 81.6 Å². The monoisotopic (exact) mass is 362 g/mol. The fourth-order valence-electron chi connectivity index (χ4n) is 4.53. The van der Waals surface area contributed by atoms with Crippen molar-refractivity contribution in [1.82, 2.24) is 0 Å². The summed E-state index contributed by atoms with van der Waals surface area (Å²) in [5.74, 6) is 1.85. The number of aryl methyl sites for hydroxylation is 1. The standard InChI is InChI=1S/C26H34O/c1-3-5-20-7-9-22(10-8-20)19-26(27)25-17-15-24(16-18-25)23-13-11-21(6-4-2)12-14-23/h7-10,15-18,21,23H,3-6,11-14,19H2,1-2H3. The maximum Gasteiger partial charge on any atom is 0.167 e. The third-order valence-corrected chi connectivity index (χ3v) is 6.17. The molecule has 0 aromatic heterocycles. The second-order valence-electron chi connectivity index (χ2n) is 8.29. The summed E-state index contributed by atoms with van der Waals surface area (Å²) >= 11 is 0. The van der Waals surface area contributed by atoms with E-state index >= 15 is 0 Å². The Hall–Kier alpha value is -1.89. The van der Waals surface area contributed by atoms with E-state index in [4.69, 9.17) is 0 Å². The van der Waals surface area contributed by atoms with Crippen LogP contribution in [0.4, 0.5) is 0 Å². The lowest BCUT2D eigenvalue weighted by molar-refractivity contribution is 0.0993. The first-order valence-electron chi connectivity index (χ1n) is 10.9. The van der Waals surface area contributed by atoms with Gasteiger partial charge in [0.2, 0.25) is 0 Å². The summed E-state index contributed by atoms with van der Waals surface area (Å²) < 4.78 is 0. The molecule has 1 nitrogen and oxygen atoms in total. The molecule has 0 amide bonds. The van der Waals surface area contributed by atoms with Crippen LogP contribution in [0.25, 0.3) is 0 Å². The number of carbonyl (C=O) groups is 1. The molecule has 0 N–H and O–H groups in total. The zero-order valence-electron chi connectivity index (χ0n) is 17.0. The predicted octanol–water partition coefficient (Wildman–Crippen LogP) is 7.14. The van der Waals surface area contributed by atoms with Crippen molar-refractivity contribution in [3.8, 4) is 0 Å². The van der Waals surface area contributed by atoms with Gasteiger partial charge in [-0.15, -0.1) is 0 Å². The van der Waals surface area contributed by atoms with E-state index in [0.29, 0.717) is 12.3 Å². The Morgan fingerprint density at radius 1 is 0.815 bits per heavy atom. The largest absolute Gasteiger partial charge is 0.294 e. The molecule has 0 heterocycles. The smallest absolute Gasteiger partial charge is 0.167 e. The minimum atomic E-state index is 0.219. The van der Waals surface area contributed by atoms with Gasteiger partial charge in [-0.2, -0.15) is 0 Å². The Morgan fingerprint density at radius 2 is 1.44 bits per heavy atom. The van der Waals surface area contributed by atoms with E-state index in [1.54, 1.807) is 0 Å². The summed E-state index contributed by atoms with van der Waals surface area (Å²) in [5.41, 5.74) is 4.73. The highest BCUT2D eigenvalue weighted by Gasteiger charge is 2.21. The molecule has 0 aliphatic heterocycles. The highest BCUT2D eigenvalue weighted by Crippen LogP contribution is 2.37. The van der Waals surface area contributed by atoms with Crippen LogP contribution in [-0.4, -0.2) is 5.78 Å². The Bertz CT molecular complexity index is 703. The van der Waals surface area contributed by atoms with Gasteiger partial charge in [0.25, 0.3) is 0 Å². The van der Waals surface area contributed by atoms with Crippen molar-refractivity contribution >= 4 is 5.78 Å². The van der Waals surface area contributed by atoms with Crippen molar-refractivity contribution in [3.05, 3.63) is 70.8 Å².